The number of aliphatic carboxylic acids is 2. The van der Waals surface area contributed by atoms with E-state index in [1.165, 1.54) is 6.92 Å². The van der Waals surface area contributed by atoms with Gasteiger partial charge in [0.05, 0.1) is 0 Å². The molecule has 0 aliphatic carbocycles. The summed E-state index contributed by atoms with van der Waals surface area (Å²) in [4.78, 5) is 20.0. The predicted octanol–water partition coefficient (Wildman–Crippen LogP) is 2.14. The summed E-state index contributed by atoms with van der Waals surface area (Å²) in [6.45, 7) is 5.14. The Kier molecular flexibility index (Phi) is 11.1. The fraction of sp³-hybridized carbons (Fsp3) is 0.500. The molecule has 0 aromatic carbocycles. The summed E-state index contributed by atoms with van der Waals surface area (Å²) in [7, 11) is 0. The molecule has 0 radical (unpaired) electrons. The lowest BCUT2D eigenvalue weighted by molar-refractivity contribution is -0.133. The fourth-order valence-electron chi connectivity index (χ4n) is 0.681. The van der Waals surface area contributed by atoms with Crippen LogP contribution in [0.4, 0.5) is 0 Å². The van der Waals surface area contributed by atoms with E-state index in [1.807, 2.05) is 0 Å². The Morgan fingerprint density at radius 3 is 1.82 bits per heavy atom. The van der Waals surface area contributed by atoms with Crippen molar-refractivity contribution in [2.45, 2.75) is 40.0 Å². The van der Waals surface area contributed by atoms with Crippen LogP contribution in [0.3, 0.4) is 0 Å². The number of carbonyl (C=O) groups is 2. The molecule has 98 valence electrons. The molecule has 0 spiro atoms. The summed E-state index contributed by atoms with van der Waals surface area (Å²) in [5.41, 5.74) is 5.45. The first-order valence-electron chi connectivity index (χ1n) is 5.38. The van der Waals surface area contributed by atoms with E-state index >= 15 is 0 Å². The summed E-state index contributed by atoms with van der Waals surface area (Å²) in [5.74, 6) is -1.78. The monoisotopic (exact) mass is 243 g/mol. The molecule has 0 amide bonds. The molecule has 0 aromatic heterocycles. The highest BCUT2D eigenvalue weighted by Gasteiger charge is 1.96. The maximum absolute atomic E-state index is 10.2. The lowest BCUT2D eigenvalue weighted by Gasteiger charge is -1.91. The molecule has 0 rings (SSSR count). The third-order valence-corrected chi connectivity index (χ3v) is 1.93. The van der Waals surface area contributed by atoms with E-state index < -0.39 is 11.9 Å². The standard InChI is InChI=1S/C8H14O2.C4H7NO2/c1-3-4-5-6-7(2)8(9)10;1-3(2-5)4(6)7/h6H,3-5H2,1-2H3,(H,9,10);2H,5H2,1H3,(H,6,7)/b7-6+;3-2+. The number of allylic oxidation sites excluding steroid dienone is 1. The molecular weight excluding hydrogens is 222 g/mol. The van der Waals surface area contributed by atoms with Crippen LogP contribution < -0.4 is 5.73 Å². The van der Waals surface area contributed by atoms with Crippen LogP contribution in [0.5, 0.6) is 0 Å². The zero-order valence-electron chi connectivity index (χ0n) is 10.6. The van der Waals surface area contributed by atoms with Crippen molar-refractivity contribution in [2.24, 2.45) is 5.73 Å². The molecule has 0 unspecified atom stereocenters. The van der Waals surface area contributed by atoms with E-state index in [-0.39, 0.29) is 5.57 Å². The van der Waals surface area contributed by atoms with Crippen molar-refractivity contribution < 1.29 is 19.8 Å². The fourth-order valence-corrected chi connectivity index (χ4v) is 0.681. The average molecular weight is 243 g/mol. The number of nitrogens with two attached hydrogens (primary N) is 1. The maximum Gasteiger partial charge on any atom is 0.332 e. The molecular formula is C12H21NO4. The molecule has 0 saturated carbocycles. The minimum atomic E-state index is -0.970. The van der Waals surface area contributed by atoms with E-state index in [1.54, 1.807) is 13.0 Å². The minimum Gasteiger partial charge on any atom is -0.478 e. The van der Waals surface area contributed by atoms with Gasteiger partial charge in [-0.3, -0.25) is 0 Å². The summed E-state index contributed by atoms with van der Waals surface area (Å²) < 4.78 is 0. The van der Waals surface area contributed by atoms with Gasteiger partial charge < -0.3 is 15.9 Å². The Morgan fingerprint density at radius 2 is 1.59 bits per heavy atom. The normalized spacial score (nSPS) is 11.5. The van der Waals surface area contributed by atoms with E-state index in [4.69, 9.17) is 15.9 Å². The number of hydrogen-bond acceptors (Lipinski definition) is 3. The molecule has 0 saturated heterocycles. The highest BCUT2D eigenvalue weighted by molar-refractivity contribution is 5.85. The van der Waals surface area contributed by atoms with Gasteiger partial charge in [0.15, 0.2) is 0 Å². The highest BCUT2D eigenvalue weighted by Crippen LogP contribution is 2.00. The first-order chi connectivity index (χ1) is 7.86. The van der Waals surface area contributed by atoms with E-state index in [2.05, 4.69) is 6.92 Å². The van der Waals surface area contributed by atoms with Gasteiger partial charge >= 0.3 is 11.9 Å². The Morgan fingerprint density at radius 1 is 1.12 bits per heavy atom. The summed E-state index contributed by atoms with van der Waals surface area (Å²) in [6, 6.07) is 0. The van der Waals surface area contributed by atoms with Gasteiger partial charge in [0.1, 0.15) is 0 Å². The van der Waals surface area contributed by atoms with Gasteiger partial charge in [-0.05, 0) is 20.3 Å². The number of hydrogen-bond donors (Lipinski definition) is 3. The van der Waals surface area contributed by atoms with Crippen LogP contribution in [0.1, 0.15) is 40.0 Å². The Balaban J connectivity index is 0. The van der Waals surface area contributed by atoms with Crippen molar-refractivity contribution in [3.8, 4) is 0 Å². The van der Waals surface area contributed by atoms with Crippen molar-refractivity contribution in [3.05, 3.63) is 23.4 Å². The third kappa shape index (κ3) is 12.2. The summed E-state index contributed by atoms with van der Waals surface area (Å²) >= 11 is 0. The second-order valence-corrected chi connectivity index (χ2v) is 3.49. The van der Waals surface area contributed by atoms with Crippen LogP contribution in [-0.2, 0) is 9.59 Å². The van der Waals surface area contributed by atoms with Gasteiger partial charge in [-0.1, -0.05) is 25.8 Å². The van der Waals surface area contributed by atoms with Gasteiger partial charge in [-0.2, -0.15) is 0 Å². The molecule has 4 N–H and O–H groups in total. The van der Waals surface area contributed by atoms with E-state index in [0.29, 0.717) is 5.57 Å². The Labute approximate surface area is 102 Å². The van der Waals surface area contributed by atoms with Crippen LogP contribution in [-0.4, -0.2) is 22.2 Å². The maximum atomic E-state index is 10.2. The van der Waals surface area contributed by atoms with Crippen LogP contribution in [0.15, 0.2) is 23.4 Å². The highest BCUT2D eigenvalue weighted by atomic mass is 16.4. The smallest absolute Gasteiger partial charge is 0.332 e. The largest absolute Gasteiger partial charge is 0.478 e. The van der Waals surface area contributed by atoms with Gasteiger partial charge in [-0.25, -0.2) is 9.59 Å². The van der Waals surface area contributed by atoms with Crippen molar-refractivity contribution >= 4 is 11.9 Å². The first-order valence-corrected chi connectivity index (χ1v) is 5.38. The average Bonchev–Trinajstić information content (AvgIpc) is 2.28. The lowest BCUT2D eigenvalue weighted by atomic mass is 10.2. The lowest BCUT2D eigenvalue weighted by Crippen LogP contribution is -1.98. The molecule has 0 bridgehead atoms. The van der Waals surface area contributed by atoms with Gasteiger partial charge in [0, 0.05) is 17.3 Å². The molecule has 0 atom stereocenters. The van der Waals surface area contributed by atoms with Crippen LogP contribution >= 0.6 is 0 Å². The quantitative estimate of drug-likeness (QED) is 0.507. The topological polar surface area (TPSA) is 101 Å². The zero-order valence-corrected chi connectivity index (χ0v) is 10.6. The molecule has 5 nitrogen and oxygen atoms in total. The first kappa shape index (κ1) is 17.6. The van der Waals surface area contributed by atoms with Gasteiger partial charge in [0.2, 0.25) is 0 Å². The van der Waals surface area contributed by atoms with E-state index in [0.717, 1.165) is 25.5 Å². The van der Waals surface area contributed by atoms with Crippen molar-refractivity contribution in [3.63, 3.8) is 0 Å². The minimum absolute atomic E-state index is 0.167. The predicted molar refractivity (Wildman–Crippen MR) is 66.5 cm³/mol. The Hall–Kier alpha value is -1.78. The SMILES string of the molecule is C/C(=C\N)C(=O)O.CCCC/C=C(\C)C(=O)O. The van der Waals surface area contributed by atoms with Crippen LogP contribution in [0, 0.1) is 0 Å². The molecule has 0 aromatic rings. The van der Waals surface area contributed by atoms with Crippen LogP contribution in [0.2, 0.25) is 0 Å². The van der Waals surface area contributed by atoms with Crippen molar-refractivity contribution in [1.29, 1.82) is 0 Å². The zero-order chi connectivity index (χ0) is 13.8. The second-order valence-electron chi connectivity index (χ2n) is 3.49. The molecule has 0 heterocycles. The van der Waals surface area contributed by atoms with Gasteiger partial charge in [-0.15, -0.1) is 0 Å². The number of unbranched alkanes of at least 4 members (excludes halogenated alkanes) is 2. The number of rotatable bonds is 5. The molecule has 0 fully saturated rings. The number of carboxylic acids is 2. The van der Waals surface area contributed by atoms with Crippen molar-refractivity contribution in [2.75, 3.05) is 0 Å². The summed E-state index contributed by atoms with van der Waals surface area (Å²) in [6.07, 6.45) is 5.90. The molecule has 0 aliphatic rings. The molecule has 5 heteroatoms. The molecule has 17 heavy (non-hydrogen) atoms. The Bertz CT molecular complexity index is 306. The van der Waals surface area contributed by atoms with E-state index in [9.17, 15) is 9.59 Å². The summed E-state index contributed by atoms with van der Waals surface area (Å²) in [5, 5.41) is 16.4. The second kappa shape index (κ2) is 10.7. The van der Waals surface area contributed by atoms with Gasteiger partial charge in [0.25, 0.3) is 0 Å². The molecule has 0 aliphatic heterocycles. The third-order valence-electron chi connectivity index (χ3n) is 1.93. The van der Waals surface area contributed by atoms with Crippen LogP contribution in [0.25, 0.3) is 0 Å². The van der Waals surface area contributed by atoms with Crippen molar-refractivity contribution in [1.82, 2.24) is 0 Å². The number of carboxylic acid groups (broad SMARTS) is 2.